The zero-order valence-electron chi connectivity index (χ0n) is 8.56. The predicted molar refractivity (Wildman–Crippen MR) is 57.2 cm³/mol. The molecule has 0 aromatic heterocycles. The number of alkyl carbamates (subject to hydrolysis) is 1. The molecular weight excluding hydrogens is 253 g/mol. The Hall–Kier alpha value is -0.580. The second kappa shape index (κ2) is 6.01. The number of rotatable bonds is 3. The van der Waals surface area contributed by atoms with Crippen LogP contribution < -0.4 is 5.32 Å². The number of amides is 1. The first kappa shape index (κ1) is 13.4. The molecule has 0 bridgehead atoms. The third kappa shape index (κ3) is 8.04. The highest BCUT2D eigenvalue weighted by atomic mass is 79.9. The molecule has 0 rings (SSSR count). The van der Waals surface area contributed by atoms with Gasteiger partial charge < -0.3 is 10.1 Å². The van der Waals surface area contributed by atoms with Crippen LogP contribution in [0.1, 0.15) is 20.8 Å². The van der Waals surface area contributed by atoms with Gasteiger partial charge in [-0.2, -0.15) is 0 Å². The van der Waals surface area contributed by atoms with E-state index in [1.54, 1.807) is 20.8 Å². The van der Waals surface area contributed by atoms with Crippen molar-refractivity contribution in [3.8, 4) is 0 Å². The smallest absolute Gasteiger partial charge is 0.408 e. The molecule has 0 aliphatic rings. The van der Waals surface area contributed by atoms with Crippen molar-refractivity contribution in [2.75, 3.05) is 11.9 Å². The Balaban J connectivity index is 3.81. The molecule has 0 atom stereocenters. The van der Waals surface area contributed by atoms with Gasteiger partial charge in [0.25, 0.3) is 0 Å². The number of allylic oxidation sites excluding steroid dienone is 1. The highest BCUT2D eigenvalue weighted by molar-refractivity contribution is 9.09. The number of hydrogen-bond donors (Lipinski definition) is 1. The normalized spacial score (nSPS) is 12.5. The van der Waals surface area contributed by atoms with Gasteiger partial charge >= 0.3 is 6.09 Å². The molecule has 3 nitrogen and oxygen atoms in total. The summed E-state index contributed by atoms with van der Waals surface area (Å²) in [7, 11) is 0. The Morgan fingerprint density at radius 1 is 1.57 bits per heavy atom. The van der Waals surface area contributed by atoms with Crippen LogP contribution in [-0.4, -0.2) is 23.6 Å². The van der Waals surface area contributed by atoms with Gasteiger partial charge in [-0.05, 0) is 26.8 Å². The van der Waals surface area contributed by atoms with Crippen LogP contribution in [0.4, 0.5) is 9.18 Å². The van der Waals surface area contributed by atoms with Crippen molar-refractivity contribution in [2.24, 2.45) is 0 Å². The maximum absolute atomic E-state index is 12.8. The SMILES string of the molecule is CC(C)(C)OC(=O)NCC(F)=CCBr. The van der Waals surface area contributed by atoms with E-state index in [0.29, 0.717) is 5.33 Å². The third-order valence-electron chi connectivity index (χ3n) is 1.10. The summed E-state index contributed by atoms with van der Waals surface area (Å²) in [5, 5.41) is 2.72. The fourth-order valence-electron chi connectivity index (χ4n) is 0.627. The molecule has 0 heterocycles. The van der Waals surface area contributed by atoms with Crippen molar-refractivity contribution in [3.63, 3.8) is 0 Å². The first-order valence-corrected chi connectivity index (χ1v) is 5.34. The number of hydrogen-bond acceptors (Lipinski definition) is 2. The standard InChI is InChI=1S/C9H15BrFNO2/c1-9(2,3)14-8(13)12-6-7(11)4-5-10/h4H,5-6H2,1-3H3,(H,12,13). The van der Waals surface area contributed by atoms with E-state index < -0.39 is 17.5 Å². The van der Waals surface area contributed by atoms with Gasteiger partial charge in [-0.25, -0.2) is 9.18 Å². The van der Waals surface area contributed by atoms with Gasteiger partial charge in [0.15, 0.2) is 0 Å². The molecule has 0 aromatic rings. The summed E-state index contributed by atoms with van der Waals surface area (Å²) in [5.41, 5.74) is -0.556. The lowest BCUT2D eigenvalue weighted by molar-refractivity contribution is 0.0530. The summed E-state index contributed by atoms with van der Waals surface area (Å²) in [6.45, 7) is 5.10. The van der Waals surface area contributed by atoms with E-state index in [1.165, 1.54) is 6.08 Å². The van der Waals surface area contributed by atoms with Crippen LogP contribution in [0.15, 0.2) is 11.9 Å². The number of carbonyl (C=O) groups excluding carboxylic acids is 1. The average molecular weight is 268 g/mol. The van der Waals surface area contributed by atoms with E-state index in [9.17, 15) is 9.18 Å². The van der Waals surface area contributed by atoms with Crippen LogP contribution in [0.2, 0.25) is 0 Å². The Morgan fingerprint density at radius 2 is 2.14 bits per heavy atom. The second-order valence-corrected chi connectivity index (χ2v) is 4.31. The van der Waals surface area contributed by atoms with Crippen molar-refractivity contribution in [1.29, 1.82) is 0 Å². The van der Waals surface area contributed by atoms with Crippen molar-refractivity contribution in [3.05, 3.63) is 11.9 Å². The maximum Gasteiger partial charge on any atom is 0.408 e. The topological polar surface area (TPSA) is 38.3 Å². The fourth-order valence-corrected chi connectivity index (χ4v) is 0.978. The maximum atomic E-state index is 12.8. The Morgan fingerprint density at radius 3 is 2.57 bits per heavy atom. The monoisotopic (exact) mass is 267 g/mol. The van der Waals surface area contributed by atoms with Crippen LogP contribution in [0, 0.1) is 0 Å². The molecule has 0 radical (unpaired) electrons. The molecule has 0 fully saturated rings. The highest BCUT2D eigenvalue weighted by Gasteiger charge is 2.15. The summed E-state index contributed by atoms with van der Waals surface area (Å²) < 4.78 is 17.7. The van der Waals surface area contributed by atoms with Gasteiger partial charge in [0.05, 0.1) is 6.54 Å². The first-order valence-electron chi connectivity index (χ1n) is 4.22. The highest BCUT2D eigenvalue weighted by Crippen LogP contribution is 2.06. The summed E-state index contributed by atoms with van der Waals surface area (Å²) in [5.74, 6) is -0.396. The van der Waals surface area contributed by atoms with Crippen LogP contribution in [0.25, 0.3) is 0 Å². The van der Waals surface area contributed by atoms with Gasteiger partial charge in [0.1, 0.15) is 11.4 Å². The lowest BCUT2D eigenvalue weighted by atomic mass is 10.2. The predicted octanol–water partition coefficient (Wildman–Crippen LogP) is 2.76. The quantitative estimate of drug-likeness (QED) is 0.799. The van der Waals surface area contributed by atoms with Crippen molar-refractivity contribution in [2.45, 2.75) is 26.4 Å². The third-order valence-corrected chi connectivity index (χ3v) is 1.42. The summed E-state index contributed by atoms with van der Waals surface area (Å²) in [6.07, 6.45) is 0.716. The first-order chi connectivity index (χ1) is 6.35. The molecule has 0 saturated heterocycles. The summed E-state index contributed by atoms with van der Waals surface area (Å²) in [4.78, 5) is 11.0. The van der Waals surface area contributed by atoms with Gasteiger partial charge in [-0.1, -0.05) is 15.9 Å². The van der Waals surface area contributed by atoms with Gasteiger partial charge in [-0.15, -0.1) is 0 Å². The largest absolute Gasteiger partial charge is 0.444 e. The lowest BCUT2D eigenvalue weighted by Gasteiger charge is -2.19. The van der Waals surface area contributed by atoms with E-state index in [4.69, 9.17) is 4.74 Å². The number of carbonyl (C=O) groups is 1. The Kier molecular flexibility index (Phi) is 5.76. The molecule has 0 aliphatic carbocycles. The van der Waals surface area contributed by atoms with Crippen molar-refractivity contribution in [1.82, 2.24) is 5.32 Å². The molecule has 0 unspecified atom stereocenters. The van der Waals surface area contributed by atoms with E-state index in [2.05, 4.69) is 21.2 Å². The van der Waals surface area contributed by atoms with Crippen molar-refractivity contribution < 1.29 is 13.9 Å². The van der Waals surface area contributed by atoms with Crippen LogP contribution in [-0.2, 0) is 4.74 Å². The lowest BCUT2D eigenvalue weighted by Crippen LogP contribution is -2.33. The molecule has 5 heteroatoms. The number of ether oxygens (including phenoxy) is 1. The van der Waals surface area contributed by atoms with Crippen LogP contribution >= 0.6 is 15.9 Å². The minimum atomic E-state index is -0.615. The number of alkyl halides is 1. The Bertz CT molecular complexity index is 223. The minimum Gasteiger partial charge on any atom is -0.444 e. The van der Waals surface area contributed by atoms with Gasteiger partial charge in [0, 0.05) is 5.33 Å². The van der Waals surface area contributed by atoms with Crippen molar-refractivity contribution >= 4 is 22.0 Å². The molecule has 0 aliphatic heterocycles. The minimum absolute atomic E-state index is 0.138. The van der Waals surface area contributed by atoms with E-state index in [0.717, 1.165) is 0 Å². The average Bonchev–Trinajstić information content (AvgIpc) is 1.98. The van der Waals surface area contributed by atoms with E-state index >= 15 is 0 Å². The van der Waals surface area contributed by atoms with E-state index in [-0.39, 0.29) is 6.54 Å². The second-order valence-electron chi connectivity index (χ2n) is 3.66. The molecule has 0 spiro atoms. The molecule has 1 N–H and O–H groups in total. The summed E-state index contributed by atoms with van der Waals surface area (Å²) >= 11 is 3.05. The van der Waals surface area contributed by atoms with Crippen LogP contribution in [0.3, 0.4) is 0 Å². The van der Waals surface area contributed by atoms with Gasteiger partial charge in [0.2, 0.25) is 0 Å². The molecule has 0 aromatic carbocycles. The molecule has 14 heavy (non-hydrogen) atoms. The molecule has 0 saturated carbocycles. The zero-order chi connectivity index (χ0) is 11.2. The van der Waals surface area contributed by atoms with Gasteiger partial charge in [-0.3, -0.25) is 0 Å². The number of halogens is 2. The molecular formula is C9H15BrFNO2. The fraction of sp³-hybridized carbons (Fsp3) is 0.667. The molecule has 82 valence electrons. The molecule has 1 amide bonds. The Labute approximate surface area is 91.8 Å². The van der Waals surface area contributed by atoms with E-state index in [1.807, 2.05) is 0 Å². The zero-order valence-corrected chi connectivity index (χ0v) is 10.1. The number of nitrogens with one attached hydrogen (secondary N) is 1. The van der Waals surface area contributed by atoms with Crippen LogP contribution in [0.5, 0.6) is 0 Å². The summed E-state index contributed by atoms with van der Waals surface area (Å²) in [6, 6.07) is 0.